The summed E-state index contributed by atoms with van der Waals surface area (Å²) in [6.45, 7) is -0.479. The third kappa shape index (κ3) is 3.11. The van der Waals surface area contributed by atoms with Crippen molar-refractivity contribution in [3.05, 3.63) is 0 Å². The number of ether oxygens (including phenoxy) is 2. The first-order valence-electron chi connectivity index (χ1n) is 6.47. The van der Waals surface area contributed by atoms with Crippen LogP contribution in [0.3, 0.4) is 0 Å². The molecule has 2 aliphatic rings. The third-order valence-corrected chi connectivity index (χ3v) is 3.66. The van der Waals surface area contributed by atoms with Crippen LogP contribution in [0.4, 0.5) is 0 Å². The maximum atomic E-state index is 9.98. The van der Waals surface area contributed by atoms with Crippen molar-refractivity contribution in [2.75, 3.05) is 19.8 Å². The fourth-order valence-corrected chi connectivity index (χ4v) is 2.36. The summed E-state index contributed by atoms with van der Waals surface area (Å²) in [6.07, 6.45) is -8.79. The van der Waals surface area contributed by atoms with Gasteiger partial charge in [0.05, 0.1) is 25.4 Å². The highest BCUT2D eigenvalue weighted by atomic mass is 16.7. The van der Waals surface area contributed by atoms with E-state index < -0.39 is 49.0 Å². The Morgan fingerprint density at radius 3 is 2.35 bits per heavy atom. The highest BCUT2D eigenvalue weighted by Crippen LogP contribution is 2.22. The van der Waals surface area contributed by atoms with E-state index >= 15 is 0 Å². The monoisotopic (exact) mass is 295 g/mol. The molecule has 2 saturated heterocycles. The van der Waals surface area contributed by atoms with Gasteiger partial charge in [0.2, 0.25) is 0 Å². The minimum atomic E-state index is -1.50. The topological polar surface area (TPSA) is 152 Å². The third-order valence-electron chi connectivity index (χ3n) is 3.66. The minimum absolute atomic E-state index is 0.0982. The maximum Gasteiger partial charge on any atom is 0.186 e. The molecule has 2 rings (SSSR count). The molecule has 0 aromatic rings. The van der Waals surface area contributed by atoms with Crippen LogP contribution in [0.2, 0.25) is 0 Å². The van der Waals surface area contributed by atoms with Gasteiger partial charge in [-0.2, -0.15) is 0 Å². The molecule has 8 atom stereocenters. The van der Waals surface area contributed by atoms with Gasteiger partial charge < -0.3 is 45.4 Å². The summed E-state index contributed by atoms with van der Waals surface area (Å²) in [5.41, 5.74) is 0. The van der Waals surface area contributed by atoms with Crippen molar-refractivity contribution in [2.24, 2.45) is 0 Å². The summed E-state index contributed by atoms with van der Waals surface area (Å²) in [6, 6.07) is -0.667. The Morgan fingerprint density at radius 1 is 1.00 bits per heavy atom. The van der Waals surface area contributed by atoms with Crippen LogP contribution in [0, 0.1) is 0 Å². The summed E-state index contributed by atoms with van der Waals surface area (Å²) in [5, 5.41) is 60.2. The quantitative estimate of drug-likeness (QED) is 0.273. The van der Waals surface area contributed by atoms with Crippen LogP contribution in [-0.2, 0) is 9.47 Å². The number of aliphatic hydroxyl groups excluding tert-OH is 6. The molecular weight excluding hydrogens is 274 g/mol. The molecule has 2 aliphatic heterocycles. The van der Waals surface area contributed by atoms with E-state index in [1.807, 2.05) is 0 Å². The fraction of sp³-hybridized carbons (Fsp3) is 1.00. The molecule has 0 unspecified atom stereocenters. The number of β-amino-alcohol motifs (C(OH)–C–C–N with tert-alkyl or cyclic N) is 1. The van der Waals surface area contributed by atoms with Crippen LogP contribution in [0.25, 0.3) is 0 Å². The molecule has 0 aliphatic carbocycles. The Bertz CT molecular complexity index is 319. The van der Waals surface area contributed by atoms with Crippen molar-refractivity contribution >= 4 is 0 Å². The van der Waals surface area contributed by atoms with Crippen LogP contribution in [-0.4, -0.2) is 99.4 Å². The van der Waals surface area contributed by atoms with Crippen LogP contribution in [0.15, 0.2) is 0 Å². The van der Waals surface area contributed by atoms with Gasteiger partial charge in [-0.05, 0) is 0 Å². The molecule has 0 aromatic heterocycles. The van der Waals surface area contributed by atoms with Crippen LogP contribution in [0.1, 0.15) is 0 Å². The van der Waals surface area contributed by atoms with Crippen molar-refractivity contribution in [1.29, 1.82) is 0 Å². The molecule has 9 nitrogen and oxygen atoms in total. The summed E-state index contributed by atoms with van der Waals surface area (Å²) >= 11 is 0. The van der Waals surface area contributed by atoms with Gasteiger partial charge in [-0.15, -0.1) is 0 Å². The first-order chi connectivity index (χ1) is 9.45. The van der Waals surface area contributed by atoms with E-state index in [0.717, 1.165) is 0 Å². The van der Waals surface area contributed by atoms with Crippen molar-refractivity contribution < 1.29 is 40.1 Å². The molecule has 0 spiro atoms. The summed E-state index contributed by atoms with van der Waals surface area (Å²) in [7, 11) is 0. The van der Waals surface area contributed by atoms with Crippen LogP contribution >= 0.6 is 0 Å². The minimum Gasteiger partial charge on any atom is -0.395 e. The Kier molecular flexibility index (Phi) is 5.29. The Labute approximate surface area is 115 Å². The molecule has 2 heterocycles. The number of rotatable bonds is 3. The second-order valence-corrected chi connectivity index (χ2v) is 5.11. The summed E-state index contributed by atoms with van der Waals surface area (Å²) in [5.74, 6) is 0. The lowest BCUT2D eigenvalue weighted by Crippen LogP contribution is -2.64. The molecule has 0 bridgehead atoms. The van der Waals surface area contributed by atoms with Crippen LogP contribution < -0.4 is 5.32 Å². The number of hydrogen-bond acceptors (Lipinski definition) is 9. The maximum absolute atomic E-state index is 9.98. The molecule has 7 N–H and O–H groups in total. The number of piperidine rings is 1. The van der Waals surface area contributed by atoms with E-state index in [1.54, 1.807) is 0 Å². The Hall–Kier alpha value is -0.360. The first-order valence-corrected chi connectivity index (χ1v) is 6.47. The smallest absolute Gasteiger partial charge is 0.186 e. The second kappa shape index (κ2) is 6.60. The van der Waals surface area contributed by atoms with Gasteiger partial charge in [0.1, 0.15) is 30.5 Å². The van der Waals surface area contributed by atoms with E-state index in [2.05, 4.69) is 5.32 Å². The molecule has 20 heavy (non-hydrogen) atoms. The van der Waals surface area contributed by atoms with Gasteiger partial charge in [0.25, 0.3) is 0 Å². The molecule has 0 aromatic carbocycles. The summed E-state index contributed by atoms with van der Waals surface area (Å²) < 4.78 is 10.4. The van der Waals surface area contributed by atoms with Crippen molar-refractivity contribution in [2.45, 2.75) is 49.0 Å². The van der Waals surface area contributed by atoms with Crippen molar-refractivity contribution in [3.8, 4) is 0 Å². The standard InChI is InChI=1S/C11H21NO8/c13-2-4-7(16)10(5(14)1-12-4)20-11-9(18)8(17)6(15)3-19-11/h4-18H,1-3H2/t4-,5-,6-,7-,8+,9-,10-,11-/m1/s1. The molecule has 0 radical (unpaired) electrons. The average Bonchev–Trinajstić information content (AvgIpc) is 2.43. The predicted octanol–water partition coefficient (Wildman–Crippen LogP) is -4.50. The van der Waals surface area contributed by atoms with Crippen molar-refractivity contribution in [3.63, 3.8) is 0 Å². The SMILES string of the molecule is OC[C@H]1NC[C@@H](O)[C@@H](O[C@H]2OC[C@@H](O)[C@H](O)[C@H]2O)[C@@H]1O. The van der Waals surface area contributed by atoms with Gasteiger partial charge in [0, 0.05) is 6.54 Å². The highest BCUT2D eigenvalue weighted by Gasteiger charge is 2.44. The molecular formula is C11H21NO8. The normalized spacial score (nSPS) is 50.1. The molecule has 9 heteroatoms. The lowest BCUT2D eigenvalue weighted by molar-refractivity contribution is -0.302. The van der Waals surface area contributed by atoms with Crippen molar-refractivity contribution in [1.82, 2.24) is 5.32 Å². The van der Waals surface area contributed by atoms with Gasteiger partial charge in [-0.25, -0.2) is 0 Å². The van der Waals surface area contributed by atoms with E-state index in [4.69, 9.17) is 14.6 Å². The van der Waals surface area contributed by atoms with E-state index in [-0.39, 0.29) is 19.8 Å². The highest BCUT2D eigenvalue weighted by molar-refractivity contribution is 4.94. The predicted molar refractivity (Wildman–Crippen MR) is 63.5 cm³/mol. The first kappa shape index (κ1) is 16.0. The Morgan fingerprint density at radius 2 is 1.70 bits per heavy atom. The molecule has 118 valence electrons. The lowest BCUT2D eigenvalue weighted by atomic mass is 9.96. The van der Waals surface area contributed by atoms with Gasteiger partial charge >= 0.3 is 0 Å². The van der Waals surface area contributed by atoms with E-state index in [0.29, 0.717) is 0 Å². The van der Waals surface area contributed by atoms with Crippen LogP contribution in [0.5, 0.6) is 0 Å². The molecule has 0 saturated carbocycles. The molecule has 2 fully saturated rings. The van der Waals surface area contributed by atoms with Gasteiger partial charge in [-0.1, -0.05) is 0 Å². The fourth-order valence-electron chi connectivity index (χ4n) is 2.36. The number of hydrogen-bond donors (Lipinski definition) is 7. The molecule has 0 amide bonds. The van der Waals surface area contributed by atoms with Gasteiger partial charge in [0.15, 0.2) is 6.29 Å². The lowest BCUT2D eigenvalue weighted by Gasteiger charge is -2.42. The zero-order chi connectivity index (χ0) is 14.9. The van der Waals surface area contributed by atoms with Gasteiger partial charge in [-0.3, -0.25) is 0 Å². The Balaban J connectivity index is 2.00. The zero-order valence-corrected chi connectivity index (χ0v) is 10.7. The van der Waals surface area contributed by atoms with E-state index in [9.17, 15) is 25.5 Å². The number of aliphatic hydroxyl groups is 6. The summed E-state index contributed by atoms with van der Waals surface area (Å²) in [4.78, 5) is 0. The van der Waals surface area contributed by atoms with E-state index in [1.165, 1.54) is 0 Å². The average molecular weight is 295 g/mol. The largest absolute Gasteiger partial charge is 0.395 e. The second-order valence-electron chi connectivity index (χ2n) is 5.11. The number of nitrogens with one attached hydrogen (secondary N) is 1. The zero-order valence-electron chi connectivity index (χ0n) is 10.7.